The second-order valence-corrected chi connectivity index (χ2v) is 12.3. The van der Waals surface area contributed by atoms with Crippen LogP contribution in [0.3, 0.4) is 0 Å². The van der Waals surface area contributed by atoms with Crippen LogP contribution in [0.15, 0.2) is 48.6 Å². The van der Waals surface area contributed by atoms with Crippen molar-refractivity contribution in [2.24, 2.45) is 17.8 Å². The Morgan fingerprint density at radius 1 is 1.09 bits per heavy atom. The summed E-state index contributed by atoms with van der Waals surface area (Å²) in [6.45, 7) is 2.44. The maximum absolute atomic E-state index is 13.8. The lowest BCUT2D eigenvalue weighted by molar-refractivity contribution is -0.145. The van der Waals surface area contributed by atoms with Crippen molar-refractivity contribution in [3.8, 4) is 23.0 Å². The summed E-state index contributed by atoms with van der Waals surface area (Å²) in [5, 5.41) is 13.5. The van der Waals surface area contributed by atoms with Crippen LogP contribution in [0.25, 0.3) is 22.3 Å². The van der Waals surface area contributed by atoms with Crippen LogP contribution in [0.4, 0.5) is 4.39 Å². The molecule has 5 atom stereocenters. The van der Waals surface area contributed by atoms with Gasteiger partial charge in [0.25, 0.3) is 0 Å². The largest absolute Gasteiger partial charge is 0.496 e. The zero-order chi connectivity index (χ0) is 31.9. The first-order valence-corrected chi connectivity index (χ1v) is 15.4. The first kappa shape index (κ1) is 30.5. The van der Waals surface area contributed by atoms with Gasteiger partial charge in [0.2, 0.25) is 17.7 Å². The summed E-state index contributed by atoms with van der Waals surface area (Å²) in [5.74, 6) is -2.59. The van der Waals surface area contributed by atoms with Gasteiger partial charge in [-0.15, -0.1) is 0 Å². The highest BCUT2D eigenvalue weighted by Crippen LogP contribution is 2.46. The first-order chi connectivity index (χ1) is 21.6. The number of allylic oxidation sites excluding steroid dienone is 1. The monoisotopic (exact) mass is 616 g/mol. The van der Waals surface area contributed by atoms with Gasteiger partial charge >= 0.3 is 5.97 Å². The average molecular weight is 617 g/mol. The summed E-state index contributed by atoms with van der Waals surface area (Å²) in [6.07, 6.45) is 6.54. The van der Waals surface area contributed by atoms with E-state index in [0.29, 0.717) is 41.0 Å². The molecule has 3 aromatic rings. The van der Waals surface area contributed by atoms with E-state index in [2.05, 4.69) is 5.32 Å². The van der Waals surface area contributed by atoms with Crippen molar-refractivity contribution in [2.75, 3.05) is 20.7 Å². The van der Waals surface area contributed by atoms with Crippen molar-refractivity contribution in [1.82, 2.24) is 20.2 Å². The van der Waals surface area contributed by atoms with E-state index in [1.54, 1.807) is 43.3 Å². The lowest BCUT2D eigenvalue weighted by atomic mass is 9.93. The predicted molar refractivity (Wildman–Crippen MR) is 164 cm³/mol. The number of aliphatic carboxylic acids is 1. The maximum Gasteiger partial charge on any atom is 0.330 e. The molecule has 0 spiro atoms. The minimum atomic E-state index is -1.36. The van der Waals surface area contributed by atoms with Gasteiger partial charge in [-0.2, -0.15) is 4.98 Å². The summed E-state index contributed by atoms with van der Waals surface area (Å²) < 4.78 is 25.8. The van der Waals surface area contributed by atoms with Gasteiger partial charge in [-0.3, -0.25) is 9.59 Å². The van der Waals surface area contributed by atoms with Crippen LogP contribution in [-0.4, -0.2) is 70.1 Å². The van der Waals surface area contributed by atoms with E-state index in [9.17, 15) is 23.9 Å². The third-order valence-electron chi connectivity index (χ3n) is 9.41. The lowest BCUT2D eigenvalue weighted by Gasteiger charge is -2.26. The molecule has 0 bridgehead atoms. The topological polar surface area (TPSA) is 131 Å². The second kappa shape index (κ2) is 12.1. The number of methoxy groups -OCH3 is 1. The molecule has 1 aliphatic heterocycles. The number of hydrogen-bond donors (Lipinski definition) is 2. The van der Waals surface area contributed by atoms with Crippen molar-refractivity contribution in [3.63, 3.8) is 0 Å². The minimum Gasteiger partial charge on any atom is -0.496 e. The summed E-state index contributed by atoms with van der Waals surface area (Å²) in [6, 6.07) is 9.45. The van der Waals surface area contributed by atoms with E-state index >= 15 is 0 Å². The van der Waals surface area contributed by atoms with Crippen LogP contribution >= 0.6 is 0 Å². The van der Waals surface area contributed by atoms with Gasteiger partial charge in [0.15, 0.2) is 5.82 Å². The molecule has 45 heavy (non-hydrogen) atoms. The van der Waals surface area contributed by atoms with Gasteiger partial charge in [0.05, 0.1) is 29.8 Å². The summed E-state index contributed by atoms with van der Waals surface area (Å²) >= 11 is 0. The fraction of sp³-hybridized carbons (Fsp3) is 0.441. The Balaban J connectivity index is 1.35. The molecule has 2 amide bonds. The van der Waals surface area contributed by atoms with Gasteiger partial charge < -0.3 is 24.8 Å². The van der Waals surface area contributed by atoms with E-state index in [1.807, 2.05) is 19.1 Å². The van der Waals surface area contributed by atoms with Crippen molar-refractivity contribution in [2.45, 2.75) is 57.1 Å². The van der Waals surface area contributed by atoms with Gasteiger partial charge in [-0.1, -0.05) is 12.2 Å². The smallest absolute Gasteiger partial charge is 0.330 e. The predicted octanol–water partition coefficient (Wildman–Crippen LogP) is 4.68. The standard InChI is InChI=1S/C34H37FN4O6/c1-19-27(44-3)14-13-24-28(19)36-29(20-9-11-22(35)12-10-20)37-31(24)45-23-16-25-26(17-23)32(41)39(2)15-7-5-4-6-8-21-18-34(21,33(42)43)38-30(25)40/h6,8-14,21,23,25-26H,4-5,7,15-18H2,1-3H3,(H,38,40)(H,42,43)/b8-6-/t21-,23+,25+,26?,34+/m0/s1. The highest BCUT2D eigenvalue weighted by molar-refractivity contribution is 5.94. The minimum absolute atomic E-state index is 0.161. The maximum atomic E-state index is 13.8. The number of aryl methyl sites for hydroxylation is 1. The molecule has 2 fully saturated rings. The van der Waals surface area contributed by atoms with Gasteiger partial charge in [0.1, 0.15) is 23.2 Å². The number of carbonyl (C=O) groups excluding carboxylic acids is 2. The van der Waals surface area contributed by atoms with Gasteiger partial charge in [0, 0.05) is 30.6 Å². The number of halogens is 1. The van der Waals surface area contributed by atoms with E-state index in [4.69, 9.17) is 19.4 Å². The summed E-state index contributed by atoms with van der Waals surface area (Å²) in [5.41, 5.74) is 0.598. The van der Waals surface area contributed by atoms with Gasteiger partial charge in [-0.25, -0.2) is 14.2 Å². The molecule has 11 heteroatoms. The van der Waals surface area contributed by atoms with Crippen molar-refractivity contribution in [1.29, 1.82) is 0 Å². The number of aromatic nitrogens is 2. The van der Waals surface area contributed by atoms with Crippen LogP contribution < -0.4 is 14.8 Å². The molecule has 1 aromatic heterocycles. The number of rotatable bonds is 5. The van der Waals surface area contributed by atoms with Crippen molar-refractivity contribution >= 4 is 28.7 Å². The Labute approximate surface area is 260 Å². The van der Waals surface area contributed by atoms with Crippen molar-refractivity contribution < 1.29 is 33.4 Å². The van der Waals surface area contributed by atoms with Crippen LogP contribution in [0, 0.1) is 30.5 Å². The Hall–Kier alpha value is -4.54. The number of carbonyl (C=O) groups is 3. The van der Waals surface area contributed by atoms with Crippen LogP contribution in [0.2, 0.25) is 0 Å². The molecule has 6 rings (SSSR count). The molecule has 2 N–H and O–H groups in total. The van der Waals surface area contributed by atoms with E-state index in [1.165, 1.54) is 12.1 Å². The van der Waals surface area contributed by atoms with Crippen LogP contribution in [0.1, 0.15) is 44.1 Å². The number of fused-ring (bicyclic) bond motifs is 3. The zero-order valence-corrected chi connectivity index (χ0v) is 25.6. The summed E-state index contributed by atoms with van der Waals surface area (Å²) in [4.78, 5) is 50.9. The van der Waals surface area contributed by atoms with E-state index in [0.717, 1.165) is 24.8 Å². The Bertz CT molecular complexity index is 1680. The molecule has 3 aliphatic rings. The Kier molecular flexibility index (Phi) is 8.20. The van der Waals surface area contributed by atoms with Crippen LogP contribution in [-0.2, 0) is 14.4 Å². The number of nitrogens with one attached hydrogen (secondary N) is 1. The molecular weight excluding hydrogens is 579 g/mol. The molecule has 1 unspecified atom stereocenters. The van der Waals surface area contributed by atoms with E-state index in [-0.39, 0.29) is 36.4 Å². The molecular formula is C34H37FN4O6. The first-order valence-electron chi connectivity index (χ1n) is 15.4. The molecule has 2 aliphatic carbocycles. The fourth-order valence-corrected chi connectivity index (χ4v) is 6.67. The lowest BCUT2D eigenvalue weighted by Crippen LogP contribution is -2.49. The third-order valence-corrected chi connectivity index (χ3v) is 9.41. The number of ether oxygens (including phenoxy) is 2. The molecule has 236 valence electrons. The zero-order valence-electron chi connectivity index (χ0n) is 25.6. The Morgan fingerprint density at radius 2 is 1.84 bits per heavy atom. The average Bonchev–Trinajstić information content (AvgIpc) is 3.56. The highest BCUT2D eigenvalue weighted by Gasteiger charge is 2.61. The molecule has 0 saturated heterocycles. The molecule has 10 nitrogen and oxygen atoms in total. The molecule has 0 radical (unpaired) electrons. The molecule has 2 saturated carbocycles. The van der Waals surface area contributed by atoms with Crippen molar-refractivity contribution in [3.05, 3.63) is 59.9 Å². The number of benzene rings is 2. The summed E-state index contributed by atoms with van der Waals surface area (Å²) in [7, 11) is 3.32. The highest BCUT2D eigenvalue weighted by atomic mass is 19.1. The number of nitrogens with zero attached hydrogens (tertiary/aromatic N) is 3. The number of amides is 2. The normalized spacial score (nSPS) is 27.6. The fourth-order valence-electron chi connectivity index (χ4n) is 6.67. The molecule has 2 aromatic carbocycles. The van der Waals surface area contributed by atoms with Crippen LogP contribution in [0.5, 0.6) is 11.6 Å². The number of carboxylic acid groups (broad SMARTS) is 1. The Morgan fingerprint density at radius 3 is 2.58 bits per heavy atom. The third kappa shape index (κ3) is 5.83. The van der Waals surface area contributed by atoms with Gasteiger partial charge in [-0.05, 0) is 81.8 Å². The number of carboxylic acids is 1. The number of hydrogen-bond acceptors (Lipinski definition) is 7. The van der Waals surface area contributed by atoms with E-state index < -0.39 is 35.4 Å². The SMILES string of the molecule is COc1ccc2c(O[C@H]3CC4C(=O)N(C)CCCC/C=C\[C@H]5C[C@@]5(C(=O)O)NC(=O)[C@@H]4C3)nc(-c3ccc(F)cc3)nc2c1C. The second-order valence-electron chi connectivity index (χ2n) is 12.3. The quantitative estimate of drug-likeness (QED) is 0.395. The molecule has 2 heterocycles.